The van der Waals surface area contributed by atoms with Crippen molar-refractivity contribution in [2.24, 2.45) is 0 Å². The summed E-state index contributed by atoms with van der Waals surface area (Å²) in [7, 11) is -0.102. The summed E-state index contributed by atoms with van der Waals surface area (Å²) in [6.45, 7) is 1.30. The lowest BCUT2D eigenvalue weighted by atomic mass is 10.2. The van der Waals surface area contributed by atoms with E-state index in [1.54, 1.807) is 30.9 Å². The Kier molecular flexibility index (Phi) is 9.74. The van der Waals surface area contributed by atoms with Gasteiger partial charge in [-0.1, -0.05) is 12.8 Å². The molecule has 2 aromatic rings. The van der Waals surface area contributed by atoms with E-state index < -0.39 is 24.1 Å². The average molecular weight is 476 g/mol. The molecule has 2 aromatic heterocycles. The second kappa shape index (κ2) is 13.0. The van der Waals surface area contributed by atoms with Gasteiger partial charge in [0, 0.05) is 31.8 Å². The number of aromatic nitrogens is 4. The molecule has 3 heterocycles. The molecule has 0 aromatic carbocycles. The minimum absolute atomic E-state index is 0.102. The van der Waals surface area contributed by atoms with Gasteiger partial charge in [0.1, 0.15) is 12.0 Å². The van der Waals surface area contributed by atoms with Gasteiger partial charge in [0.15, 0.2) is 8.46 Å². The van der Waals surface area contributed by atoms with E-state index in [1.807, 2.05) is 0 Å². The summed E-state index contributed by atoms with van der Waals surface area (Å²) >= 11 is 0. The number of hydrogen-bond donors (Lipinski definition) is 4. The third kappa shape index (κ3) is 7.88. The Labute approximate surface area is 192 Å². The first-order valence-corrected chi connectivity index (χ1v) is 12.0. The van der Waals surface area contributed by atoms with Crippen LogP contribution in [0.1, 0.15) is 44.0 Å². The van der Waals surface area contributed by atoms with E-state index in [0.29, 0.717) is 18.9 Å². The maximum atomic E-state index is 12.3. The van der Waals surface area contributed by atoms with Crippen LogP contribution in [-0.4, -0.2) is 62.0 Å². The van der Waals surface area contributed by atoms with E-state index in [0.717, 1.165) is 31.4 Å². The Hall–Kier alpha value is -2.88. The molecule has 33 heavy (non-hydrogen) atoms. The highest BCUT2D eigenvalue weighted by Gasteiger charge is 2.35. The zero-order valence-corrected chi connectivity index (χ0v) is 19.1. The zero-order chi connectivity index (χ0) is 23.5. The third-order valence-corrected chi connectivity index (χ3v) is 5.75. The van der Waals surface area contributed by atoms with E-state index in [4.69, 9.17) is 4.74 Å². The van der Waals surface area contributed by atoms with Crippen molar-refractivity contribution in [3.8, 4) is 0 Å². The van der Waals surface area contributed by atoms with E-state index in [-0.39, 0.29) is 27.0 Å². The number of rotatable bonds is 13. The van der Waals surface area contributed by atoms with Crippen molar-refractivity contribution in [3.05, 3.63) is 47.0 Å². The molecule has 0 radical (unpaired) electrons. The fraction of sp³-hybridized carbons (Fsp3) is 0.524. The largest absolute Gasteiger partial charge is 0.390 e. The van der Waals surface area contributed by atoms with Gasteiger partial charge in [-0.05, 0) is 25.0 Å². The standard InChI is InChI=1S/C21H29N6O5P/c28-16-11-20(32-17(16)13-33-31)27-10-7-18(26-21(27)30)23-8-3-1-2-4-9-24-19(29)6-5-15-12-22-14-25-15/h5-7,10,12,14,16-17,20,28H,1-4,8-9,11,13H2,(H,22,25)(H,24,29)(H,23,26,30)/b6-5+. The third-order valence-electron chi connectivity index (χ3n) is 5.24. The molecule has 4 N–H and O–H groups in total. The number of amides is 1. The average Bonchev–Trinajstić information content (AvgIpc) is 3.44. The molecule has 3 rings (SSSR count). The summed E-state index contributed by atoms with van der Waals surface area (Å²) in [5, 5.41) is 15.9. The lowest BCUT2D eigenvalue weighted by Gasteiger charge is -2.14. The van der Waals surface area contributed by atoms with Gasteiger partial charge in [0.2, 0.25) is 5.91 Å². The highest BCUT2D eigenvalue weighted by Crippen LogP contribution is 2.29. The van der Waals surface area contributed by atoms with Gasteiger partial charge in [-0.2, -0.15) is 4.98 Å². The number of aliphatic hydroxyl groups excluding tert-OH is 1. The summed E-state index contributed by atoms with van der Waals surface area (Å²) in [5.74, 6) is 0.353. The van der Waals surface area contributed by atoms with Crippen molar-refractivity contribution in [2.75, 3.05) is 24.6 Å². The number of imidazole rings is 1. The molecule has 0 bridgehead atoms. The molecule has 3 atom stereocenters. The number of aromatic amines is 1. The highest BCUT2D eigenvalue weighted by molar-refractivity contribution is 7.23. The number of nitrogens with zero attached hydrogens (tertiary/aromatic N) is 3. The van der Waals surface area contributed by atoms with Crippen molar-refractivity contribution < 1.29 is 19.2 Å². The molecule has 1 aliphatic heterocycles. The molecule has 1 saturated heterocycles. The zero-order valence-electron chi connectivity index (χ0n) is 18.2. The Morgan fingerprint density at radius 3 is 2.88 bits per heavy atom. The molecule has 1 aliphatic rings. The molecule has 0 aliphatic carbocycles. The summed E-state index contributed by atoms with van der Waals surface area (Å²) in [6.07, 6.45) is 10.2. The summed E-state index contributed by atoms with van der Waals surface area (Å²) < 4.78 is 17.7. The van der Waals surface area contributed by atoms with Crippen LogP contribution in [0.15, 0.2) is 35.7 Å². The number of H-pyrrole nitrogens is 1. The Bertz CT molecular complexity index is 980. The van der Waals surface area contributed by atoms with Crippen LogP contribution < -0.4 is 16.3 Å². The van der Waals surface area contributed by atoms with E-state index >= 15 is 0 Å². The SMILES string of the molecule is O=PCC1OC(n2ccc(NCCCCCCNC(=O)/C=C/c3cnc[nH]3)nc2=O)CC1O. The maximum Gasteiger partial charge on any atom is 0.351 e. The normalized spacial score (nSPS) is 20.5. The molecular weight excluding hydrogens is 447 g/mol. The van der Waals surface area contributed by atoms with Crippen molar-refractivity contribution in [1.82, 2.24) is 24.8 Å². The van der Waals surface area contributed by atoms with Gasteiger partial charge in [-0.3, -0.25) is 13.9 Å². The summed E-state index contributed by atoms with van der Waals surface area (Å²) in [4.78, 5) is 34.8. The van der Waals surface area contributed by atoms with Crippen LogP contribution in [0.3, 0.4) is 0 Å². The predicted molar refractivity (Wildman–Crippen MR) is 123 cm³/mol. The molecule has 178 valence electrons. The molecule has 0 saturated carbocycles. The second-order valence-corrected chi connectivity index (χ2v) is 8.34. The monoisotopic (exact) mass is 476 g/mol. The highest BCUT2D eigenvalue weighted by atomic mass is 31.1. The lowest BCUT2D eigenvalue weighted by Crippen LogP contribution is -2.27. The quantitative estimate of drug-likeness (QED) is 0.194. The first-order valence-electron chi connectivity index (χ1n) is 11.0. The molecule has 0 spiro atoms. The van der Waals surface area contributed by atoms with Gasteiger partial charge in [0.05, 0.1) is 36.6 Å². The smallest absolute Gasteiger partial charge is 0.351 e. The minimum Gasteiger partial charge on any atom is -0.390 e. The molecular formula is C21H29N6O5P. The number of unbranched alkanes of at least 4 members (excludes halogenated alkanes) is 3. The van der Waals surface area contributed by atoms with Crippen LogP contribution >= 0.6 is 8.46 Å². The predicted octanol–water partition coefficient (Wildman–Crippen LogP) is 1.71. The van der Waals surface area contributed by atoms with E-state index in [9.17, 15) is 19.3 Å². The number of aliphatic hydroxyl groups is 1. The number of nitrogens with one attached hydrogen (secondary N) is 3. The number of carbonyl (C=O) groups is 1. The fourth-order valence-corrected chi connectivity index (χ4v) is 3.94. The van der Waals surface area contributed by atoms with Crippen LogP contribution in [0.4, 0.5) is 5.82 Å². The molecule has 12 heteroatoms. The molecule has 1 amide bonds. The first kappa shape index (κ1) is 24.8. The number of hydrogen-bond acceptors (Lipinski definition) is 8. The lowest BCUT2D eigenvalue weighted by molar-refractivity contribution is -0.116. The van der Waals surface area contributed by atoms with E-state index in [2.05, 4.69) is 25.6 Å². The van der Waals surface area contributed by atoms with Crippen molar-refractivity contribution in [2.45, 2.75) is 50.5 Å². The minimum atomic E-state index is -0.757. The van der Waals surface area contributed by atoms with Crippen LogP contribution in [-0.2, 0) is 14.1 Å². The number of anilines is 1. The summed E-state index contributed by atoms with van der Waals surface area (Å²) in [5.41, 5.74) is 0.314. The molecule has 1 fully saturated rings. The van der Waals surface area contributed by atoms with E-state index in [1.165, 1.54) is 10.6 Å². The maximum absolute atomic E-state index is 12.3. The second-order valence-electron chi connectivity index (χ2n) is 7.72. The topological polar surface area (TPSA) is 151 Å². The number of carbonyl (C=O) groups excluding carboxylic acids is 1. The fourth-order valence-electron chi connectivity index (χ4n) is 3.47. The van der Waals surface area contributed by atoms with Crippen molar-refractivity contribution in [3.63, 3.8) is 0 Å². The van der Waals surface area contributed by atoms with Crippen LogP contribution in [0.5, 0.6) is 0 Å². The van der Waals surface area contributed by atoms with Gasteiger partial charge in [-0.15, -0.1) is 0 Å². The Balaban J connectivity index is 1.28. The first-order chi connectivity index (χ1) is 16.1. The Morgan fingerprint density at radius 1 is 1.33 bits per heavy atom. The van der Waals surface area contributed by atoms with Crippen LogP contribution in [0.2, 0.25) is 0 Å². The Morgan fingerprint density at radius 2 is 2.15 bits per heavy atom. The van der Waals surface area contributed by atoms with Crippen LogP contribution in [0, 0.1) is 0 Å². The van der Waals surface area contributed by atoms with Crippen LogP contribution in [0.25, 0.3) is 6.08 Å². The van der Waals surface area contributed by atoms with Gasteiger partial charge in [0.25, 0.3) is 0 Å². The molecule has 11 nitrogen and oxygen atoms in total. The van der Waals surface area contributed by atoms with Crippen molar-refractivity contribution >= 4 is 26.3 Å². The summed E-state index contributed by atoms with van der Waals surface area (Å²) in [6, 6.07) is 1.70. The number of ether oxygens (including phenoxy) is 1. The van der Waals surface area contributed by atoms with Gasteiger partial charge >= 0.3 is 5.69 Å². The van der Waals surface area contributed by atoms with Crippen molar-refractivity contribution in [1.29, 1.82) is 0 Å². The van der Waals surface area contributed by atoms with Gasteiger partial charge < -0.3 is 25.5 Å². The molecule has 3 unspecified atom stereocenters. The van der Waals surface area contributed by atoms with Gasteiger partial charge in [-0.25, -0.2) is 9.78 Å².